The molecule has 130 valence electrons. The Hall–Kier alpha value is -3.47. The molecular weight excluding hydrogens is 328 g/mol. The van der Waals surface area contributed by atoms with E-state index in [-0.39, 0.29) is 12.5 Å². The molecular formula is C21H19N2O3+. The number of carbonyl (C=O) groups excluding carboxylic acids is 2. The summed E-state index contributed by atoms with van der Waals surface area (Å²) < 4.78 is 6.55. The highest BCUT2D eigenvalue weighted by molar-refractivity contribution is 6.00. The summed E-state index contributed by atoms with van der Waals surface area (Å²) in [6.45, 7) is 0.135. The van der Waals surface area contributed by atoms with E-state index in [0.717, 1.165) is 11.1 Å². The fraction of sp³-hybridized carbons (Fsp3) is 0.0952. The Morgan fingerprint density at radius 1 is 0.923 bits per heavy atom. The van der Waals surface area contributed by atoms with Crippen molar-refractivity contribution >= 4 is 17.6 Å². The highest BCUT2D eigenvalue weighted by Gasteiger charge is 2.16. The Kier molecular flexibility index (Phi) is 5.39. The van der Waals surface area contributed by atoms with Gasteiger partial charge in [-0.25, -0.2) is 4.79 Å². The third kappa shape index (κ3) is 4.13. The summed E-state index contributed by atoms with van der Waals surface area (Å²) in [4.78, 5) is 24.2. The maximum atomic E-state index is 12.4. The summed E-state index contributed by atoms with van der Waals surface area (Å²) in [7, 11) is 1.31. The minimum Gasteiger partial charge on any atom is -0.465 e. The number of ether oxygens (including phenoxy) is 1. The lowest BCUT2D eigenvalue weighted by Gasteiger charge is -2.08. The molecule has 0 aliphatic rings. The minimum atomic E-state index is -0.486. The van der Waals surface area contributed by atoms with Gasteiger partial charge in [0.1, 0.15) is 0 Å². The molecule has 5 nitrogen and oxygen atoms in total. The fourth-order valence-electron chi connectivity index (χ4n) is 2.66. The number of hydrogen-bond acceptors (Lipinski definition) is 3. The molecule has 0 unspecified atom stereocenters. The van der Waals surface area contributed by atoms with Crippen LogP contribution in [-0.2, 0) is 16.1 Å². The van der Waals surface area contributed by atoms with Crippen LogP contribution in [0.2, 0.25) is 0 Å². The number of nitrogens with zero attached hydrogens (tertiary/aromatic N) is 1. The van der Waals surface area contributed by atoms with Gasteiger partial charge in [-0.1, -0.05) is 42.5 Å². The van der Waals surface area contributed by atoms with Gasteiger partial charge in [0, 0.05) is 11.6 Å². The second kappa shape index (κ2) is 8.07. The first-order chi connectivity index (χ1) is 12.7. The van der Waals surface area contributed by atoms with Crippen LogP contribution in [0.3, 0.4) is 0 Å². The molecule has 1 amide bonds. The van der Waals surface area contributed by atoms with Crippen molar-refractivity contribution in [3.63, 3.8) is 0 Å². The Morgan fingerprint density at radius 2 is 1.62 bits per heavy atom. The molecule has 1 aromatic heterocycles. The number of anilines is 1. The van der Waals surface area contributed by atoms with Crippen LogP contribution in [0.1, 0.15) is 10.4 Å². The smallest absolute Gasteiger partial charge is 0.339 e. The summed E-state index contributed by atoms with van der Waals surface area (Å²) in [6, 6.07) is 20.6. The summed E-state index contributed by atoms with van der Waals surface area (Å²) in [5, 5.41) is 2.77. The van der Waals surface area contributed by atoms with E-state index in [1.54, 1.807) is 28.8 Å². The topological polar surface area (TPSA) is 59.3 Å². The highest BCUT2D eigenvalue weighted by atomic mass is 16.5. The Labute approximate surface area is 151 Å². The molecule has 0 saturated heterocycles. The van der Waals surface area contributed by atoms with Gasteiger partial charge in [0.25, 0.3) is 5.91 Å². The van der Waals surface area contributed by atoms with Crippen LogP contribution in [0, 0.1) is 0 Å². The maximum Gasteiger partial charge on any atom is 0.339 e. The van der Waals surface area contributed by atoms with Gasteiger partial charge in [-0.2, -0.15) is 4.57 Å². The van der Waals surface area contributed by atoms with Gasteiger partial charge in [0.15, 0.2) is 12.4 Å². The van der Waals surface area contributed by atoms with Crippen molar-refractivity contribution in [2.75, 3.05) is 12.4 Å². The molecule has 3 aromatic rings. The lowest BCUT2D eigenvalue weighted by atomic mass is 10.1. The third-order valence-corrected chi connectivity index (χ3v) is 3.90. The Bertz CT molecular complexity index is 923. The lowest BCUT2D eigenvalue weighted by molar-refractivity contribution is -0.683. The molecule has 0 spiro atoms. The first-order valence-electron chi connectivity index (χ1n) is 8.19. The standard InChI is InChI=1S/C21H18N2O3/c1-26-21(25)18-11-5-6-12-19(18)22-20(24)15-23-13-7-10-17(14-23)16-8-3-2-4-9-16/h2-14H,15H2,1H3/p+1. The van der Waals surface area contributed by atoms with E-state index in [2.05, 4.69) is 5.32 Å². The Balaban J connectivity index is 1.75. The second-order valence-corrected chi connectivity index (χ2v) is 5.72. The van der Waals surface area contributed by atoms with Crippen LogP contribution in [0.4, 0.5) is 5.69 Å². The molecule has 0 radical (unpaired) electrons. The summed E-state index contributed by atoms with van der Waals surface area (Å²) in [6.07, 6.45) is 3.75. The number of pyridine rings is 1. The quantitative estimate of drug-likeness (QED) is 0.570. The van der Waals surface area contributed by atoms with Crippen LogP contribution in [0.5, 0.6) is 0 Å². The maximum absolute atomic E-state index is 12.4. The number of methoxy groups -OCH3 is 1. The van der Waals surface area contributed by atoms with Crippen molar-refractivity contribution in [2.24, 2.45) is 0 Å². The van der Waals surface area contributed by atoms with E-state index in [1.807, 2.05) is 54.9 Å². The van der Waals surface area contributed by atoms with E-state index in [1.165, 1.54) is 7.11 Å². The predicted molar refractivity (Wildman–Crippen MR) is 98.5 cm³/mol. The zero-order valence-corrected chi connectivity index (χ0v) is 14.4. The monoisotopic (exact) mass is 347 g/mol. The molecule has 2 aromatic carbocycles. The van der Waals surface area contributed by atoms with Crippen molar-refractivity contribution < 1.29 is 18.9 Å². The molecule has 26 heavy (non-hydrogen) atoms. The van der Waals surface area contributed by atoms with Gasteiger partial charge in [0.2, 0.25) is 6.54 Å². The first-order valence-corrected chi connectivity index (χ1v) is 8.19. The fourth-order valence-corrected chi connectivity index (χ4v) is 2.66. The number of aromatic nitrogens is 1. The number of carbonyl (C=O) groups is 2. The average Bonchev–Trinajstić information content (AvgIpc) is 2.68. The summed E-state index contributed by atoms with van der Waals surface area (Å²) in [5.74, 6) is -0.712. The normalized spacial score (nSPS) is 10.2. The third-order valence-electron chi connectivity index (χ3n) is 3.90. The SMILES string of the molecule is COC(=O)c1ccccc1NC(=O)C[n+]1cccc(-c2ccccc2)c1. The number of benzene rings is 2. The van der Waals surface area contributed by atoms with E-state index in [0.29, 0.717) is 11.3 Å². The van der Waals surface area contributed by atoms with Crippen molar-refractivity contribution in [1.82, 2.24) is 0 Å². The zero-order chi connectivity index (χ0) is 18.4. The lowest BCUT2D eigenvalue weighted by Crippen LogP contribution is -2.39. The van der Waals surface area contributed by atoms with Crippen LogP contribution >= 0.6 is 0 Å². The van der Waals surface area contributed by atoms with Crippen LogP contribution in [0.15, 0.2) is 79.1 Å². The number of hydrogen-bond donors (Lipinski definition) is 1. The highest BCUT2D eigenvalue weighted by Crippen LogP contribution is 2.17. The molecule has 0 atom stereocenters. The largest absolute Gasteiger partial charge is 0.465 e. The molecule has 5 heteroatoms. The van der Waals surface area contributed by atoms with Gasteiger partial charge in [-0.15, -0.1) is 0 Å². The average molecular weight is 347 g/mol. The van der Waals surface area contributed by atoms with Gasteiger partial charge in [-0.05, 0) is 23.8 Å². The molecule has 0 aliphatic carbocycles. The molecule has 0 bridgehead atoms. The molecule has 3 rings (SSSR count). The number of amides is 1. The number of esters is 1. The van der Waals surface area contributed by atoms with Crippen molar-refractivity contribution in [1.29, 1.82) is 0 Å². The molecule has 1 heterocycles. The van der Waals surface area contributed by atoms with Gasteiger partial charge in [0.05, 0.1) is 18.4 Å². The van der Waals surface area contributed by atoms with E-state index < -0.39 is 5.97 Å². The molecule has 0 saturated carbocycles. The molecule has 0 aliphatic heterocycles. The number of nitrogens with one attached hydrogen (secondary N) is 1. The van der Waals surface area contributed by atoms with Gasteiger partial charge < -0.3 is 10.1 Å². The van der Waals surface area contributed by atoms with Crippen LogP contribution in [0.25, 0.3) is 11.1 Å². The summed E-state index contributed by atoms with van der Waals surface area (Å²) in [5.41, 5.74) is 2.87. The summed E-state index contributed by atoms with van der Waals surface area (Å²) >= 11 is 0. The number of para-hydroxylation sites is 1. The first kappa shape index (κ1) is 17.4. The van der Waals surface area contributed by atoms with Crippen LogP contribution in [-0.4, -0.2) is 19.0 Å². The van der Waals surface area contributed by atoms with E-state index >= 15 is 0 Å². The second-order valence-electron chi connectivity index (χ2n) is 5.72. The van der Waals surface area contributed by atoms with Crippen molar-refractivity contribution in [2.45, 2.75) is 6.54 Å². The predicted octanol–water partition coefficient (Wildman–Crippen LogP) is 3.07. The van der Waals surface area contributed by atoms with Crippen LogP contribution < -0.4 is 9.88 Å². The van der Waals surface area contributed by atoms with Gasteiger partial charge >= 0.3 is 5.97 Å². The van der Waals surface area contributed by atoms with E-state index in [4.69, 9.17) is 4.74 Å². The van der Waals surface area contributed by atoms with E-state index in [9.17, 15) is 9.59 Å². The van der Waals surface area contributed by atoms with Crippen molar-refractivity contribution in [3.8, 4) is 11.1 Å². The van der Waals surface area contributed by atoms with Gasteiger partial charge in [-0.3, -0.25) is 4.79 Å². The molecule has 1 N–H and O–H groups in total. The van der Waals surface area contributed by atoms with Crippen molar-refractivity contribution in [3.05, 3.63) is 84.7 Å². The number of rotatable bonds is 5. The molecule has 0 fully saturated rings. The minimum absolute atomic E-state index is 0.135. The Morgan fingerprint density at radius 3 is 2.38 bits per heavy atom. The zero-order valence-electron chi connectivity index (χ0n) is 14.4.